The van der Waals surface area contributed by atoms with Gasteiger partial charge in [0.25, 0.3) is 11.6 Å². The largest absolute Gasteiger partial charge is 0.478 e. The Bertz CT molecular complexity index is 551. The highest BCUT2D eigenvalue weighted by Crippen LogP contribution is 2.18. The van der Waals surface area contributed by atoms with Crippen molar-refractivity contribution in [2.75, 3.05) is 0 Å². The molecule has 7 heteroatoms. The van der Waals surface area contributed by atoms with E-state index in [1.54, 1.807) is 0 Å². The van der Waals surface area contributed by atoms with E-state index in [0.717, 1.165) is 31.0 Å². The van der Waals surface area contributed by atoms with Gasteiger partial charge in [-0.2, -0.15) is 0 Å². The minimum absolute atomic E-state index is 0.0250. The van der Waals surface area contributed by atoms with Gasteiger partial charge in [-0.15, -0.1) is 0 Å². The van der Waals surface area contributed by atoms with Crippen molar-refractivity contribution in [3.8, 4) is 0 Å². The standard InChI is InChI=1S/C15H20N2O5/c1-9(2)4-5-10(3)16-14(18)11-6-12(15(19)20)8-13(7-11)17(21)22/h6-10H,4-5H2,1-3H3,(H,16,18)(H,19,20). The Balaban J connectivity index is 2.92. The maximum atomic E-state index is 12.1. The van der Waals surface area contributed by atoms with E-state index in [0.29, 0.717) is 5.92 Å². The van der Waals surface area contributed by atoms with Crippen LogP contribution >= 0.6 is 0 Å². The van der Waals surface area contributed by atoms with Crippen molar-refractivity contribution in [3.63, 3.8) is 0 Å². The molecule has 120 valence electrons. The van der Waals surface area contributed by atoms with Gasteiger partial charge < -0.3 is 10.4 Å². The first kappa shape index (κ1) is 17.6. The number of nitrogens with one attached hydrogen (secondary N) is 1. The minimum atomic E-state index is -1.31. The SMILES string of the molecule is CC(C)CCC(C)NC(=O)c1cc(C(=O)O)cc([N+](=O)[O-])c1. The van der Waals surface area contributed by atoms with E-state index in [2.05, 4.69) is 19.2 Å². The monoisotopic (exact) mass is 308 g/mol. The number of aromatic carboxylic acids is 1. The number of rotatable bonds is 7. The number of nitro groups is 1. The van der Waals surface area contributed by atoms with E-state index in [9.17, 15) is 19.7 Å². The number of nitrogens with zero attached hydrogens (tertiary/aromatic N) is 1. The van der Waals surface area contributed by atoms with Crippen molar-refractivity contribution in [1.29, 1.82) is 0 Å². The lowest BCUT2D eigenvalue weighted by atomic mass is 10.0. The van der Waals surface area contributed by atoms with Gasteiger partial charge in [0.05, 0.1) is 10.5 Å². The summed E-state index contributed by atoms with van der Waals surface area (Å²) in [5, 5.41) is 22.5. The molecule has 0 fully saturated rings. The van der Waals surface area contributed by atoms with Crippen molar-refractivity contribution in [3.05, 3.63) is 39.4 Å². The fourth-order valence-corrected chi connectivity index (χ4v) is 1.93. The summed E-state index contributed by atoms with van der Waals surface area (Å²) < 4.78 is 0. The van der Waals surface area contributed by atoms with Gasteiger partial charge in [-0.1, -0.05) is 13.8 Å². The third-order valence-electron chi connectivity index (χ3n) is 3.19. The van der Waals surface area contributed by atoms with Crippen LogP contribution in [0.15, 0.2) is 18.2 Å². The predicted octanol–water partition coefficient (Wildman–Crippen LogP) is 2.85. The fraction of sp³-hybridized carbons (Fsp3) is 0.467. The van der Waals surface area contributed by atoms with Crippen LogP contribution in [0.3, 0.4) is 0 Å². The van der Waals surface area contributed by atoms with Gasteiger partial charge in [-0.3, -0.25) is 14.9 Å². The lowest BCUT2D eigenvalue weighted by Crippen LogP contribution is -2.32. The van der Waals surface area contributed by atoms with Crippen molar-refractivity contribution in [2.45, 2.75) is 39.7 Å². The van der Waals surface area contributed by atoms with Crippen molar-refractivity contribution < 1.29 is 19.6 Å². The molecule has 7 nitrogen and oxygen atoms in total. The average Bonchev–Trinajstić information content (AvgIpc) is 2.44. The maximum Gasteiger partial charge on any atom is 0.335 e. The van der Waals surface area contributed by atoms with Crippen LogP contribution in [-0.2, 0) is 0 Å². The Hall–Kier alpha value is -2.44. The molecule has 0 radical (unpaired) electrons. The van der Waals surface area contributed by atoms with Gasteiger partial charge in [-0.05, 0) is 31.7 Å². The highest BCUT2D eigenvalue weighted by atomic mass is 16.6. The summed E-state index contributed by atoms with van der Waals surface area (Å²) in [6, 6.07) is 3.06. The molecule has 1 rings (SSSR count). The Kier molecular flexibility index (Phi) is 6.03. The molecular formula is C15H20N2O5. The van der Waals surface area contributed by atoms with Crippen molar-refractivity contribution in [1.82, 2.24) is 5.32 Å². The zero-order valence-electron chi connectivity index (χ0n) is 12.8. The summed E-state index contributed by atoms with van der Waals surface area (Å²) in [5.74, 6) is -1.32. The molecule has 0 aliphatic rings. The molecule has 1 aromatic rings. The summed E-state index contributed by atoms with van der Waals surface area (Å²) in [4.78, 5) is 33.2. The topological polar surface area (TPSA) is 110 Å². The highest BCUT2D eigenvalue weighted by Gasteiger charge is 2.18. The lowest BCUT2D eigenvalue weighted by Gasteiger charge is -2.15. The highest BCUT2D eigenvalue weighted by molar-refractivity contribution is 5.98. The van der Waals surface area contributed by atoms with Crippen LogP contribution < -0.4 is 5.32 Å². The molecule has 0 bridgehead atoms. The summed E-state index contributed by atoms with van der Waals surface area (Å²) in [6.07, 6.45) is 1.72. The quantitative estimate of drug-likeness (QED) is 0.594. The molecule has 0 saturated carbocycles. The third kappa shape index (κ3) is 5.16. The number of carboxylic acids is 1. The van der Waals surface area contributed by atoms with Gasteiger partial charge in [0.2, 0.25) is 0 Å². The number of amides is 1. The smallest absolute Gasteiger partial charge is 0.335 e. The molecule has 0 heterocycles. The zero-order valence-corrected chi connectivity index (χ0v) is 12.8. The minimum Gasteiger partial charge on any atom is -0.478 e. The van der Waals surface area contributed by atoms with E-state index in [4.69, 9.17) is 5.11 Å². The number of hydrogen-bond acceptors (Lipinski definition) is 4. The van der Waals surface area contributed by atoms with E-state index in [1.807, 2.05) is 6.92 Å². The molecule has 0 aromatic heterocycles. The van der Waals surface area contributed by atoms with Crippen LogP contribution in [0.25, 0.3) is 0 Å². The van der Waals surface area contributed by atoms with Gasteiger partial charge >= 0.3 is 5.97 Å². The second kappa shape index (κ2) is 7.53. The van der Waals surface area contributed by atoms with Crippen LogP contribution in [-0.4, -0.2) is 27.9 Å². The second-order valence-electron chi connectivity index (χ2n) is 5.68. The van der Waals surface area contributed by atoms with Crippen LogP contribution in [0.2, 0.25) is 0 Å². The Labute approximate surface area is 128 Å². The predicted molar refractivity (Wildman–Crippen MR) is 81.1 cm³/mol. The molecule has 2 N–H and O–H groups in total. The molecule has 1 aromatic carbocycles. The maximum absolute atomic E-state index is 12.1. The van der Waals surface area contributed by atoms with E-state index < -0.39 is 22.5 Å². The Morgan fingerprint density at radius 3 is 2.27 bits per heavy atom. The van der Waals surface area contributed by atoms with E-state index in [1.165, 1.54) is 0 Å². The molecule has 0 aliphatic carbocycles. The molecule has 1 amide bonds. The lowest BCUT2D eigenvalue weighted by molar-refractivity contribution is -0.384. The number of non-ortho nitro benzene ring substituents is 1. The van der Waals surface area contributed by atoms with Crippen LogP contribution in [0.4, 0.5) is 5.69 Å². The third-order valence-corrected chi connectivity index (χ3v) is 3.19. The number of carbonyl (C=O) groups excluding carboxylic acids is 1. The molecule has 1 unspecified atom stereocenters. The summed E-state index contributed by atoms with van der Waals surface area (Å²) in [5.41, 5.74) is -0.725. The summed E-state index contributed by atoms with van der Waals surface area (Å²) in [7, 11) is 0. The molecular weight excluding hydrogens is 288 g/mol. The average molecular weight is 308 g/mol. The van der Waals surface area contributed by atoms with Crippen LogP contribution in [0.1, 0.15) is 54.3 Å². The normalized spacial score (nSPS) is 12.0. The Morgan fingerprint density at radius 1 is 1.18 bits per heavy atom. The van der Waals surface area contributed by atoms with Crippen molar-refractivity contribution in [2.24, 2.45) is 5.92 Å². The number of hydrogen-bond donors (Lipinski definition) is 2. The van der Waals surface area contributed by atoms with Crippen LogP contribution in [0, 0.1) is 16.0 Å². The van der Waals surface area contributed by atoms with Crippen LogP contribution in [0.5, 0.6) is 0 Å². The fourth-order valence-electron chi connectivity index (χ4n) is 1.93. The Morgan fingerprint density at radius 2 is 1.77 bits per heavy atom. The van der Waals surface area contributed by atoms with Gasteiger partial charge in [0, 0.05) is 23.7 Å². The summed E-state index contributed by atoms with van der Waals surface area (Å²) in [6.45, 7) is 6.00. The van der Waals surface area contributed by atoms with Crippen molar-refractivity contribution >= 4 is 17.6 Å². The number of nitro benzene ring substituents is 1. The van der Waals surface area contributed by atoms with Gasteiger partial charge in [0.15, 0.2) is 0 Å². The van der Waals surface area contributed by atoms with E-state index >= 15 is 0 Å². The first-order chi connectivity index (χ1) is 10.2. The first-order valence-electron chi connectivity index (χ1n) is 7.04. The van der Waals surface area contributed by atoms with E-state index in [-0.39, 0.29) is 17.2 Å². The number of carbonyl (C=O) groups is 2. The molecule has 0 spiro atoms. The van der Waals surface area contributed by atoms with Gasteiger partial charge in [0.1, 0.15) is 0 Å². The second-order valence-corrected chi connectivity index (χ2v) is 5.68. The number of carboxylic acid groups (broad SMARTS) is 1. The molecule has 1 atom stereocenters. The molecule has 0 saturated heterocycles. The summed E-state index contributed by atoms with van der Waals surface area (Å²) >= 11 is 0. The van der Waals surface area contributed by atoms with Gasteiger partial charge in [-0.25, -0.2) is 4.79 Å². The molecule has 0 aliphatic heterocycles. The number of benzene rings is 1. The zero-order chi connectivity index (χ0) is 16.9. The molecule has 22 heavy (non-hydrogen) atoms. The first-order valence-corrected chi connectivity index (χ1v) is 7.04.